The molecule has 0 radical (unpaired) electrons. The Morgan fingerprint density at radius 2 is 1.56 bits per heavy atom. The number of aryl methyl sites for hydroxylation is 2. The van der Waals surface area contributed by atoms with Gasteiger partial charge in [-0.15, -0.1) is 0 Å². The molecule has 7 nitrogen and oxygen atoms in total. The van der Waals surface area contributed by atoms with Crippen molar-refractivity contribution < 1.29 is 4.79 Å². The molecule has 0 N–H and O–H groups in total. The van der Waals surface area contributed by atoms with E-state index in [2.05, 4.69) is 35.7 Å². The molecular weight excluding hydrogens is 400 g/mol. The van der Waals surface area contributed by atoms with Gasteiger partial charge in [0.2, 0.25) is 5.91 Å². The molecule has 3 aliphatic rings. The van der Waals surface area contributed by atoms with Crippen LogP contribution in [0.1, 0.15) is 56.3 Å². The Bertz CT molecular complexity index is 956. The number of hydrogen-bond acceptors (Lipinski definition) is 6. The van der Waals surface area contributed by atoms with Gasteiger partial charge in [0.05, 0.1) is 23.3 Å². The fourth-order valence-corrected chi connectivity index (χ4v) is 5.66. The minimum atomic E-state index is 0.163. The van der Waals surface area contributed by atoms with Crippen LogP contribution in [0.25, 0.3) is 11.2 Å². The van der Waals surface area contributed by atoms with Crippen molar-refractivity contribution in [3.8, 4) is 0 Å². The molecule has 0 bridgehead atoms. The normalized spacial score (nSPS) is 21.9. The van der Waals surface area contributed by atoms with Gasteiger partial charge in [-0.05, 0) is 71.5 Å². The Labute approximate surface area is 191 Å². The molecule has 0 spiro atoms. The molecule has 0 atom stereocenters. The first-order valence-electron chi connectivity index (χ1n) is 12.5. The molecule has 3 fully saturated rings. The summed E-state index contributed by atoms with van der Waals surface area (Å²) >= 11 is 0. The van der Waals surface area contributed by atoms with Crippen LogP contribution in [0.15, 0.2) is 12.3 Å². The average molecular weight is 437 g/mol. The van der Waals surface area contributed by atoms with Gasteiger partial charge in [-0.2, -0.15) is 0 Å². The number of carbonyl (C=O) groups is 1. The third-order valence-corrected chi connectivity index (χ3v) is 7.81. The third kappa shape index (κ3) is 4.45. The van der Waals surface area contributed by atoms with Crippen LogP contribution < -0.4 is 4.90 Å². The fourth-order valence-electron chi connectivity index (χ4n) is 5.66. The van der Waals surface area contributed by atoms with Crippen molar-refractivity contribution in [2.24, 2.45) is 5.92 Å². The molecule has 5 heterocycles. The topological polar surface area (TPSA) is 65.5 Å². The van der Waals surface area contributed by atoms with Crippen LogP contribution >= 0.6 is 0 Å². The summed E-state index contributed by atoms with van der Waals surface area (Å²) in [6, 6.07) is 2.78. The van der Waals surface area contributed by atoms with Crippen LogP contribution in [0, 0.1) is 19.8 Å². The van der Waals surface area contributed by atoms with Gasteiger partial charge in [-0.1, -0.05) is 6.42 Å². The van der Waals surface area contributed by atoms with Crippen molar-refractivity contribution >= 4 is 22.8 Å². The highest BCUT2D eigenvalue weighted by Gasteiger charge is 2.32. The highest BCUT2D eigenvalue weighted by Crippen LogP contribution is 2.28. The summed E-state index contributed by atoms with van der Waals surface area (Å²) in [5, 5.41) is 0. The number of rotatable bonds is 3. The number of pyridine rings is 1. The molecule has 1 amide bonds. The van der Waals surface area contributed by atoms with E-state index in [1.165, 1.54) is 32.4 Å². The van der Waals surface area contributed by atoms with E-state index in [4.69, 9.17) is 0 Å². The van der Waals surface area contributed by atoms with E-state index in [-0.39, 0.29) is 5.92 Å². The molecule has 5 rings (SSSR count). The highest BCUT2D eigenvalue weighted by atomic mass is 16.2. The molecule has 0 saturated carbocycles. The van der Waals surface area contributed by atoms with E-state index in [1.807, 2.05) is 20.0 Å². The maximum absolute atomic E-state index is 13.2. The molecule has 0 unspecified atom stereocenters. The number of amides is 1. The first-order chi connectivity index (χ1) is 15.6. The summed E-state index contributed by atoms with van der Waals surface area (Å²) in [7, 11) is 0. The summed E-state index contributed by atoms with van der Waals surface area (Å²) in [5.41, 5.74) is 4.51. The van der Waals surface area contributed by atoms with Crippen molar-refractivity contribution in [2.45, 2.75) is 64.8 Å². The van der Waals surface area contributed by atoms with Gasteiger partial charge in [0.1, 0.15) is 5.52 Å². The van der Waals surface area contributed by atoms with Gasteiger partial charge < -0.3 is 14.7 Å². The first-order valence-corrected chi connectivity index (χ1v) is 12.5. The lowest BCUT2D eigenvalue weighted by atomic mass is 9.93. The Kier molecular flexibility index (Phi) is 6.26. The lowest BCUT2D eigenvalue weighted by Gasteiger charge is -2.42. The smallest absolute Gasteiger partial charge is 0.225 e. The monoisotopic (exact) mass is 436 g/mol. The SMILES string of the molecule is Cc1nc2cc(N3CCC(C(=O)N4CCC(N5CCCCC5)CC4)CC3)cnc2nc1C. The molecule has 2 aromatic rings. The second-order valence-electron chi connectivity index (χ2n) is 9.85. The minimum absolute atomic E-state index is 0.163. The number of nitrogens with zero attached hydrogens (tertiary/aromatic N) is 6. The summed E-state index contributed by atoms with van der Waals surface area (Å²) < 4.78 is 0. The second-order valence-corrected chi connectivity index (χ2v) is 9.85. The third-order valence-electron chi connectivity index (χ3n) is 7.81. The van der Waals surface area contributed by atoms with E-state index in [0.717, 1.165) is 74.5 Å². The number of fused-ring (bicyclic) bond motifs is 1. The predicted octanol–water partition coefficient (Wildman–Crippen LogP) is 3.33. The van der Waals surface area contributed by atoms with Crippen molar-refractivity contribution in [2.75, 3.05) is 44.2 Å². The lowest BCUT2D eigenvalue weighted by Crippen LogP contribution is -2.50. The number of aromatic nitrogens is 3. The number of piperidine rings is 3. The number of carbonyl (C=O) groups excluding carboxylic acids is 1. The van der Waals surface area contributed by atoms with Crippen LogP contribution in [0.5, 0.6) is 0 Å². The second kappa shape index (κ2) is 9.30. The van der Waals surface area contributed by atoms with E-state index < -0.39 is 0 Å². The average Bonchev–Trinajstić information content (AvgIpc) is 2.85. The largest absolute Gasteiger partial charge is 0.370 e. The molecule has 3 aliphatic heterocycles. The zero-order valence-electron chi connectivity index (χ0n) is 19.6. The lowest BCUT2D eigenvalue weighted by molar-refractivity contribution is -0.137. The van der Waals surface area contributed by atoms with Gasteiger partial charge in [-0.3, -0.25) is 4.79 Å². The van der Waals surface area contributed by atoms with E-state index >= 15 is 0 Å². The molecule has 0 aliphatic carbocycles. The maximum atomic E-state index is 13.2. The number of hydrogen-bond donors (Lipinski definition) is 0. The van der Waals surface area contributed by atoms with Crippen molar-refractivity contribution in [1.29, 1.82) is 0 Å². The molecule has 7 heteroatoms. The van der Waals surface area contributed by atoms with Crippen molar-refractivity contribution in [3.63, 3.8) is 0 Å². The molecule has 32 heavy (non-hydrogen) atoms. The Morgan fingerprint density at radius 3 is 2.28 bits per heavy atom. The van der Waals surface area contributed by atoms with Gasteiger partial charge in [0, 0.05) is 38.1 Å². The van der Waals surface area contributed by atoms with Gasteiger partial charge >= 0.3 is 0 Å². The summed E-state index contributed by atoms with van der Waals surface area (Å²) in [4.78, 5) is 34.1. The molecule has 3 saturated heterocycles. The summed E-state index contributed by atoms with van der Waals surface area (Å²) in [6.07, 6.45) is 10.1. The van der Waals surface area contributed by atoms with Crippen LogP contribution in [0.4, 0.5) is 5.69 Å². The standard InChI is InChI=1S/C25H36N6O/c1-18-19(2)28-24-23(27-18)16-22(17-26-24)30-12-6-20(7-13-30)25(32)31-14-8-21(9-15-31)29-10-4-3-5-11-29/h16-17,20-21H,3-15H2,1-2H3. The van der Waals surface area contributed by atoms with Crippen LogP contribution in [0.2, 0.25) is 0 Å². The van der Waals surface area contributed by atoms with Crippen molar-refractivity contribution in [3.05, 3.63) is 23.7 Å². The summed E-state index contributed by atoms with van der Waals surface area (Å²) in [5.74, 6) is 0.547. The zero-order valence-corrected chi connectivity index (χ0v) is 19.6. The van der Waals surface area contributed by atoms with E-state index in [1.54, 1.807) is 0 Å². The van der Waals surface area contributed by atoms with Crippen LogP contribution in [0.3, 0.4) is 0 Å². The van der Waals surface area contributed by atoms with Gasteiger partial charge in [0.15, 0.2) is 5.65 Å². The molecule has 2 aromatic heterocycles. The van der Waals surface area contributed by atoms with Crippen molar-refractivity contribution in [1.82, 2.24) is 24.8 Å². The fraction of sp³-hybridized carbons (Fsp3) is 0.680. The quantitative estimate of drug-likeness (QED) is 0.735. The van der Waals surface area contributed by atoms with E-state index in [0.29, 0.717) is 17.6 Å². The minimum Gasteiger partial charge on any atom is -0.370 e. The van der Waals surface area contributed by atoms with Gasteiger partial charge in [-0.25, -0.2) is 15.0 Å². The number of likely N-dealkylation sites (tertiary alicyclic amines) is 2. The molecular formula is C25H36N6O. The van der Waals surface area contributed by atoms with Crippen LogP contribution in [-0.4, -0.2) is 76.0 Å². The zero-order chi connectivity index (χ0) is 22.1. The van der Waals surface area contributed by atoms with Gasteiger partial charge in [0.25, 0.3) is 0 Å². The highest BCUT2D eigenvalue weighted by molar-refractivity contribution is 5.79. The predicted molar refractivity (Wildman–Crippen MR) is 127 cm³/mol. The Hall–Kier alpha value is -2.28. The molecule has 0 aromatic carbocycles. The molecule has 172 valence electrons. The first kappa shape index (κ1) is 21.6. The Morgan fingerprint density at radius 1 is 0.875 bits per heavy atom. The van der Waals surface area contributed by atoms with Crippen LogP contribution in [-0.2, 0) is 4.79 Å². The Balaban J connectivity index is 1.15. The maximum Gasteiger partial charge on any atom is 0.225 e. The number of anilines is 1. The van der Waals surface area contributed by atoms with E-state index in [9.17, 15) is 4.79 Å². The summed E-state index contributed by atoms with van der Waals surface area (Å²) in [6.45, 7) is 10.1.